The summed E-state index contributed by atoms with van der Waals surface area (Å²) >= 11 is 6.40. The third kappa shape index (κ3) is 8.47. The lowest BCUT2D eigenvalue weighted by molar-refractivity contribution is 0.0137. The van der Waals surface area contributed by atoms with Crippen LogP contribution in [0.4, 0.5) is 5.69 Å². The number of allylic oxidation sites excluding steroid dienone is 1. The zero-order chi connectivity index (χ0) is 30.1. The zero-order valence-electron chi connectivity index (χ0n) is 24.6. The van der Waals surface area contributed by atoms with Gasteiger partial charge in [0.05, 0.1) is 18.4 Å². The van der Waals surface area contributed by atoms with Crippen molar-refractivity contribution in [2.24, 2.45) is 21.3 Å². The number of carbonyl (C=O) groups excluding carboxylic acids is 1. The number of amides is 1. The third-order valence-corrected chi connectivity index (χ3v) is 9.95. The Kier molecular flexibility index (Phi) is 11.7. The SMILES string of the molecule is C=CCCCCS(N)(=O)=NC(=O)c1ccc2c(c1)N(C[C@@H]1CC[C@H]1[C@H](C=C)OC)Cc1ccc(Cl)cc1CCCCO2. The van der Waals surface area contributed by atoms with E-state index in [0.29, 0.717) is 42.7 Å². The van der Waals surface area contributed by atoms with Crippen LogP contribution in [0.15, 0.2) is 66.1 Å². The molecule has 0 bridgehead atoms. The third-order valence-electron chi connectivity index (χ3n) is 8.36. The molecule has 1 saturated carbocycles. The molecule has 2 N–H and O–H groups in total. The summed E-state index contributed by atoms with van der Waals surface area (Å²) in [6.07, 6.45) is 10.9. The van der Waals surface area contributed by atoms with Crippen molar-refractivity contribution in [3.05, 3.63) is 83.4 Å². The standard InChI is InChI=1S/C33H44ClN3O4S/c1-4-6-7-10-19-42(35,39)36-33(38)25-14-17-32-30(21-25)37(23-27-13-16-29(27)31(5-2)40-3)22-26-12-15-28(34)20-24(26)11-8-9-18-41-32/h4-5,12,14-15,17,20-21,27,29,31H,1-2,6-11,13,16,18-19,22-23H2,3H3,(H2,35,36,38,39)/t27-,29+,31-,42?/m0/s1. The minimum Gasteiger partial charge on any atom is -0.491 e. The molecule has 2 aliphatic rings. The number of unbranched alkanes of at least 4 members (excludes halogenated alkanes) is 2. The topological polar surface area (TPSA) is 94.2 Å². The number of halogens is 1. The number of carbonyl (C=O) groups is 1. The first-order valence-electron chi connectivity index (χ1n) is 14.9. The van der Waals surface area contributed by atoms with Gasteiger partial charge >= 0.3 is 0 Å². The zero-order valence-corrected chi connectivity index (χ0v) is 26.2. The first-order chi connectivity index (χ1) is 20.2. The van der Waals surface area contributed by atoms with Gasteiger partial charge in [0.15, 0.2) is 0 Å². The molecule has 1 unspecified atom stereocenters. The number of methoxy groups -OCH3 is 1. The Morgan fingerprint density at radius 3 is 2.76 bits per heavy atom. The quantitative estimate of drug-likeness (QED) is 0.215. The summed E-state index contributed by atoms with van der Waals surface area (Å²) in [5, 5.41) is 6.70. The van der Waals surface area contributed by atoms with E-state index in [1.807, 2.05) is 30.4 Å². The molecule has 1 fully saturated rings. The molecule has 0 spiro atoms. The second kappa shape index (κ2) is 15.2. The van der Waals surface area contributed by atoms with Gasteiger partial charge < -0.3 is 14.4 Å². The van der Waals surface area contributed by atoms with Crippen molar-refractivity contribution in [2.45, 2.75) is 64.0 Å². The molecule has 1 amide bonds. The van der Waals surface area contributed by atoms with E-state index in [9.17, 15) is 9.00 Å². The van der Waals surface area contributed by atoms with Crippen LogP contribution in [0.2, 0.25) is 5.02 Å². The van der Waals surface area contributed by atoms with Crippen molar-refractivity contribution in [1.82, 2.24) is 0 Å². The highest BCUT2D eigenvalue weighted by molar-refractivity contribution is 7.91. The van der Waals surface area contributed by atoms with Crippen molar-refractivity contribution in [3.63, 3.8) is 0 Å². The van der Waals surface area contributed by atoms with Crippen LogP contribution in [0.1, 0.15) is 66.4 Å². The molecule has 42 heavy (non-hydrogen) atoms. The second-order valence-electron chi connectivity index (χ2n) is 11.3. The smallest absolute Gasteiger partial charge is 0.286 e. The van der Waals surface area contributed by atoms with Gasteiger partial charge in [0.2, 0.25) is 0 Å². The molecule has 9 heteroatoms. The number of ether oxygens (including phenoxy) is 2. The molecule has 1 aliphatic carbocycles. The molecule has 0 radical (unpaired) electrons. The van der Waals surface area contributed by atoms with E-state index < -0.39 is 15.8 Å². The van der Waals surface area contributed by atoms with Crippen molar-refractivity contribution >= 4 is 33.1 Å². The second-order valence-corrected chi connectivity index (χ2v) is 13.7. The molecule has 2 aromatic carbocycles. The number of benzene rings is 2. The number of anilines is 1. The van der Waals surface area contributed by atoms with E-state index in [2.05, 4.69) is 34.6 Å². The maximum absolute atomic E-state index is 13.3. The molecule has 1 heterocycles. The highest BCUT2D eigenvalue weighted by Gasteiger charge is 2.37. The maximum Gasteiger partial charge on any atom is 0.286 e. The van der Waals surface area contributed by atoms with Crippen LogP contribution in [0.25, 0.3) is 0 Å². The van der Waals surface area contributed by atoms with Gasteiger partial charge in [-0.05, 0) is 105 Å². The van der Waals surface area contributed by atoms with Gasteiger partial charge in [-0.25, -0.2) is 9.35 Å². The summed E-state index contributed by atoms with van der Waals surface area (Å²) in [5.74, 6) is 1.04. The van der Waals surface area contributed by atoms with Gasteiger partial charge in [0.25, 0.3) is 5.91 Å². The number of hydrogen-bond acceptors (Lipinski definition) is 5. The fraction of sp³-hybridized carbons (Fsp3) is 0.485. The normalized spacial score (nSPS) is 20.8. The lowest BCUT2D eigenvalue weighted by atomic mass is 9.70. The number of rotatable bonds is 11. The minimum atomic E-state index is -3.14. The highest BCUT2D eigenvalue weighted by atomic mass is 35.5. The van der Waals surface area contributed by atoms with E-state index in [1.165, 1.54) is 11.1 Å². The van der Waals surface area contributed by atoms with Crippen LogP contribution >= 0.6 is 11.6 Å². The summed E-state index contributed by atoms with van der Waals surface area (Å²) in [7, 11) is -1.41. The summed E-state index contributed by atoms with van der Waals surface area (Å²) in [6.45, 7) is 9.63. The maximum atomic E-state index is 13.3. The van der Waals surface area contributed by atoms with E-state index in [-0.39, 0.29) is 11.9 Å². The Hall–Kier alpha value is -2.65. The van der Waals surface area contributed by atoms with Gasteiger partial charge in [-0.15, -0.1) is 17.5 Å². The van der Waals surface area contributed by atoms with Crippen LogP contribution in [0, 0.1) is 11.8 Å². The molecule has 4 atom stereocenters. The van der Waals surface area contributed by atoms with Gasteiger partial charge in [-0.1, -0.05) is 29.8 Å². The molecular weight excluding hydrogens is 570 g/mol. The predicted molar refractivity (Wildman–Crippen MR) is 173 cm³/mol. The molecule has 7 nitrogen and oxygen atoms in total. The summed E-state index contributed by atoms with van der Waals surface area (Å²) in [4.78, 5) is 15.6. The van der Waals surface area contributed by atoms with Crippen molar-refractivity contribution in [3.8, 4) is 5.75 Å². The number of nitrogens with zero attached hydrogens (tertiary/aromatic N) is 2. The van der Waals surface area contributed by atoms with Crippen molar-refractivity contribution in [2.75, 3.05) is 30.9 Å². The minimum absolute atomic E-state index is 0.00889. The molecule has 2 aromatic rings. The Balaban J connectivity index is 1.71. The Bertz CT molecular complexity index is 1390. The fourth-order valence-corrected chi connectivity index (χ4v) is 7.16. The summed E-state index contributed by atoms with van der Waals surface area (Å²) in [5.41, 5.74) is 3.57. The van der Waals surface area contributed by atoms with Crippen molar-refractivity contribution in [1.29, 1.82) is 0 Å². The van der Waals surface area contributed by atoms with E-state index in [4.69, 9.17) is 26.2 Å². The highest BCUT2D eigenvalue weighted by Crippen LogP contribution is 2.41. The van der Waals surface area contributed by atoms with E-state index in [1.54, 1.807) is 13.2 Å². The van der Waals surface area contributed by atoms with Crippen LogP contribution in [0.3, 0.4) is 0 Å². The first kappa shape index (κ1) is 32.3. The molecule has 4 rings (SSSR count). The average Bonchev–Trinajstić information content (AvgIpc) is 2.98. The summed E-state index contributed by atoms with van der Waals surface area (Å²) < 4.78 is 28.9. The van der Waals surface area contributed by atoms with E-state index in [0.717, 1.165) is 62.2 Å². The van der Waals surface area contributed by atoms with Gasteiger partial charge in [0.1, 0.15) is 15.7 Å². The van der Waals surface area contributed by atoms with Crippen LogP contribution in [-0.2, 0) is 27.6 Å². The fourth-order valence-electron chi connectivity index (χ4n) is 5.87. The number of hydrogen-bond donors (Lipinski definition) is 1. The van der Waals surface area contributed by atoms with E-state index >= 15 is 0 Å². The molecule has 0 saturated heterocycles. The largest absolute Gasteiger partial charge is 0.491 e. The van der Waals surface area contributed by atoms with Gasteiger partial charge in [0, 0.05) is 36.5 Å². The Morgan fingerprint density at radius 2 is 2.05 bits per heavy atom. The molecule has 0 aromatic heterocycles. The Labute approximate surface area is 256 Å². The lowest BCUT2D eigenvalue weighted by Gasteiger charge is -2.43. The van der Waals surface area contributed by atoms with Crippen LogP contribution in [-0.4, -0.2) is 42.2 Å². The molecular formula is C33H44ClN3O4S. The van der Waals surface area contributed by atoms with Crippen LogP contribution < -0.4 is 14.8 Å². The number of fused-ring (bicyclic) bond motifs is 2. The summed E-state index contributed by atoms with van der Waals surface area (Å²) in [6, 6.07) is 11.4. The van der Waals surface area contributed by atoms with Gasteiger partial charge in [-0.3, -0.25) is 4.79 Å². The number of nitrogens with two attached hydrogens (primary N) is 1. The lowest BCUT2D eigenvalue weighted by Crippen LogP contribution is -2.43. The van der Waals surface area contributed by atoms with Crippen molar-refractivity contribution < 1.29 is 18.5 Å². The average molecular weight is 614 g/mol. The number of aryl methyl sites for hydroxylation is 1. The first-order valence-corrected chi connectivity index (χ1v) is 17.0. The van der Waals surface area contributed by atoms with Gasteiger partial charge in [-0.2, -0.15) is 0 Å². The van der Waals surface area contributed by atoms with Crippen LogP contribution in [0.5, 0.6) is 5.75 Å². The predicted octanol–water partition coefficient (Wildman–Crippen LogP) is 7.13. The molecule has 1 aliphatic heterocycles. The Morgan fingerprint density at radius 1 is 1.21 bits per heavy atom. The monoisotopic (exact) mass is 613 g/mol. The molecule has 228 valence electrons.